The number of aryl methyl sites for hydroxylation is 1. The Morgan fingerprint density at radius 1 is 1.39 bits per heavy atom. The van der Waals surface area contributed by atoms with Crippen LogP contribution in [0.15, 0.2) is 35.2 Å². The van der Waals surface area contributed by atoms with Gasteiger partial charge in [-0.2, -0.15) is 5.10 Å². The normalized spacial score (nSPS) is 12.8. The molecule has 0 aliphatic rings. The Balaban J connectivity index is 1.85. The summed E-state index contributed by atoms with van der Waals surface area (Å²) in [7, 11) is 0. The Morgan fingerprint density at radius 2 is 2.28 bits per heavy atom. The number of fused-ring (bicyclic) bond motifs is 1. The topological polar surface area (TPSA) is 66.7 Å². The van der Waals surface area contributed by atoms with Crippen molar-refractivity contribution in [1.29, 1.82) is 0 Å². The highest BCUT2D eigenvalue weighted by atomic mass is 16.3. The number of hydrogen-bond acceptors (Lipinski definition) is 4. The summed E-state index contributed by atoms with van der Waals surface area (Å²) in [5.41, 5.74) is 4.90. The summed E-state index contributed by atoms with van der Waals surface area (Å²) in [6.07, 6.45) is 3.30. The molecular weight excluding hydrogens is 228 g/mol. The van der Waals surface area contributed by atoms with Crippen LogP contribution in [0.4, 0.5) is 5.69 Å². The maximum Gasteiger partial charge on any atom is 0.181 e. The van der Waals surface area contributed by atoms with Gasteiger partial charge in [0, 0.05) is 23.0 Å². The lowest BCUT2D eigenvalue weighted by molar-refractivity contribution is 0.602. The second-order valence-corrected chi connectivity index (χ2v) is 4.35. The first kappa shape index (κ1) is 10.8. The van der Waals surface area contributed by atoms with Gasteiger partial charge >= 0.3 is 0 Å². The van der Waals surface area contributed by atoms with Crippen LogP contribution in [0.2, 0.25) is 0 Å². The monoisotopic (exact) mass is 242 g/mol. The van der Waals surface area contributed by atoms with Gasteiger partial charge in [0.25, 0.3) is 0 Å². The molecule has 0 aliphatic carbocycles. The molecule has 3 rings (SSSR count). The molecule has 0 saturated heterocycles. The largest absolute Gasteiger partial charge is 0.443 e. The molecule has 0 amide bonds. The molecule has 2 heterocycles. The second-order valence-electron chi connectivity index (χ2n) is 4.35. The first-order valence-electron chi connectivity index (χ1n) is 5.83. The fraction of sp³-hybridized carbons (Fsp3) is 0.231. The Hall–Kier alpha value is -2.30. The third kappa shape index (κ3) is 1.84. The van der Waals surface area contributed by atoms with E-state index in [-0.39, 0.29) is 6.04 Å². The van der Waals surface area contributed by atoms with E-state index in [0.29, 0.717) is 0 Å². The van der Waals surface area contributed by atoms with E-state index in [4.69, 9.17) is 4.42 Å². The van der Waals surface area contributed by atoms with Gasteiger partial charge in [-0.05, 0) is 26.0 Å². The number of aromatic amines is 1. The highest BCUT2D eigenvalue weighted by Crippen LogP contribution is 2.23. The molecule has 0 radical (unpaired) electrons. The van der Waals surface area contributed by atoms with Gasteiger partial charge in [0.05, 0.1) is 12.2 Å². The third-order valence-electron chi connectivity index (χ3n) is 3.05. The van der Waals surface area contributed by atoms with Gasteiger partial charge in [-0.25, -0.2) is 4.98 Å². The minimum atomic E-state index is 0.184. The van der Waals surface area contributed by atoms with Crippen molar-refractivity contribution in [1.82, 2.24) is 15.2 Å². The van der Waals surface area contributed by atoms with Crippen LogP contribution in [-0.4, -0.2) is 15.2 Å². The van der Waals surface area contributed by atoms with Gasteiger partial charge in [-0.15, -0.1) is 0 Å². The molecule has 2 aromatic heterocycles. The summed E-state index contributed by atoms with van der Waals surface area (Å²) in [4.78, 5) is 4.09. The Kier molecular flexibility index (Phi) is 2.51. The molecule has 5 heteroatoms. The van der Waals surface area contributed by atoms with E-state index in [9.17, 15) is 0 Å². The fourth-order valence-corrected chi connectivity index (χ4v) is 2.07. The van der Waals surface area contributed by atoms with Gasteiger partial charge in [0.15, 0.2) is 12.0 Å². The van der Waals surface area contributed by atoms with Gasteiger partial charge in [-0.1, -0.05) is 0 Å². The summed E-state index contributed by atoms with van der Waals surface area (Å²) < 4.78 is 5.28. The van der Waals surface area contributed by atoms with Crippen LogP contribution in [-0.2, 0) is 0 Å². The third-order valence-corrected chi connectivity index (χ3v) is 3.05. The summed E-state index contributed by atoms with van der Waals surface area (Å²) in [6, 6.07) is 6.07. The number of rotatable bonds is 3. The summed E-state index contributed by atoms with van der Waals surface area (Å²) >= 11 is 0. The number of aromatic nitrogens is 3. The predicted molar refractivity (Wildman–Crippen MR) is 69.4 cm³/mol. The Labute approximate surface area is 104 Å². The SMILES string of the molecule is Cc1[nH]ncc1C(C)Nc1ccc2ncoc2c1. The van der Waals surface area contributed by atoms with Gasteiger partial charge < -0.3 is 9.73 Å². The van der Waals surface area contributed by atoms with Crippen LogP contribution in [0.3, 0.4) is 0 Å². The van der Waals surface area contributed by atoms with Crippen LogP contribution in [0.1, 0.15) is 24.2 Å². The molecule has 92 valence electrons. The van der Waals surface area contributed by atoms with Crippen LogP contribution in [0, 0.1) is 6.92 Å². The second kappa shape index (κ2) is 4.18. The van der Waals surface area contributed by atoms with Crippen molar-refractivity contribution in [3.63, 3.8) is 0 Å². The lowest BCUT2D eigenvalue weighted by atomic mass is 10.1. The van der Waals surface area contributed by atoms with Crippen molar-refractivity contribution in [3.8, 4) is 0 Å². The van der Waals surface area contributed by atoms with Crippen molar-refractivity contribution < 1.29 is 4.42 Å². The average molecular weight is 242 g/mol. The number of nitrogens with zero attached hydrogens (tertiary/aromatic N) is 2. The van der Waals surface area contributed by atoms with E-state index in [1.807, 2.05) is 31.3 Å². The van der Waals surface area contributed by atoms with Crippen molar-refractivity contribution in [2.75, 3.05) is 5.32 Å². The highest BCUT2D eigenvalue weighted by Gasteiger charge is 2.10. The zero-order valence-corrected chi connectivity index (χ0v) is 10.3. The molecule has 2 N–H and O–H groups in total. The van der Waals surface area contributed by atoms with Crippen molar-refractivity contribution >= 4 is 16.8 Å². The maximum absolute atomic E-state index is 5.28. The highest BCUT2D eigenvalue weighted by molar-refractivity contribution is 5.76. The number of H-pyrrole nitrogens is 1. The smallest absolute Gasteiger partial charge is 0.181 e. The lowest BCUT2D eigenvalue weighted by Crippen LogP contribution is -2.06. The molecule has 0 saturated carbocycles. The number of oxazole rings is 1. The van der Waals surface area contributed by atoms with Gasteiger partial charge in [0.1, 0.15) is 5.52 Å². The van der Waals surface area contributed by atoms with Crippen LogP contribution in [0.25, 0.3) is 11.1 Å². The molecule has 18 heavy (non-hydrogen) atoms. The molecule has 0 spiro atoms. The van der Waals surface area contributed by atoms with E-state index in [0.717, 1.165) is 28.0 Å². The number of nitrogens with one attached hydrogen (secondary N) is 2. The Bertz CT molecular complexity index is 670. The summed E-state index contributed by atoms with van der Waals surface area (Å²) in [6.45, 7) is 4.11. The standard InChI is InChI=1S/C13H14N4O/c1-8(11-6-15-17-9(11)2)16-10-3-4-12-13(5-10)18-7-14-12/h3-8,16H,1-2H3,(H,15,17). The molecule has 0 fully saturated rings. The van der Waals surface area contributed by atoms with Crippen LogP contribution >= 0.6 is 0 Å². The molecule has 1 atom stereocenters. The summed E-state index contributed by atoms with van der Waals surface area (Å²) in [5.74, 6) is 0. The fourth-order valence-electron chi connectivity index (χ4n) is 2.07. The molecule has 1 aromatic carbocycles. The van der Waals surface area contributed by atoms with E-state index in [1.165, 1.54) is 6.39 Å². The lowest BCUT2D eigenvalue weighted by Gasteiger charge is -2.14. The van der Waals surface area contributed by atoms with Crippen LogP contribution in [0.5, 0.6) is 0 Å². The molecule has 5 nitrogen and oxygen atoms in total. The Morgan fingerprint density at radius 3 is 3.06 bits per heavy atom. The van der Waals surface area contributed by atoms with Crippen molar-refractivity contribution in [2.45, 2.75) is 19.9 Å². The van der Waals surface area contributed by atoms with E-state index in [2.05, 4.69) is 27.4 Å². The van der Waals surface area contributed by atoms with E-state index < -0.39 is 0 Å². The molecule has 0 bridgehead atoms. The quantitative estimate of drug-likeness (QED) is 0.740. The molecular formula is C13H14N4O. The van der Waals surface area contributed by atoms with Crippen molar-refractivity contribution in [2.24, 2.45) is 0 Å². The number of benzene rings is 1. The molecule has 3 aromatic rings. The van der Waals surface area contributed by atoms with Gasteiger partial charge in [-0.3, -0.25) is 5.10 Å². The first-order valence-corrected chi connectivity index (χ1v) is 5.83. The first-order chi connectivity index (χ1) is 8.74. The van der Waals surface area contributed by atoms with E-state index >= 15 is 0 Å². The predicted octanol–water partition coefficient (Wildman–Crippen LogP) is 3.03. The molecule has 0 aliphatic heterocycles. The number of anilines is 1. The zero-order chi connectivity index (χ0) is 12.5. The van der Waals surface area contributed by atoms with Crippen molar-refractivity contribution in [3.05, 3.63) is 42.0 Å². The average Bonchev–Trinajstić information content (AvgIpc) is 2.96. The maximum atomic E-state index is 5.28. The number of hydrogen-bond donors (Lipinski definition) is 2. The molecule has 1 unspecified atom stereocenters. The minimum Gasteiger partial charge on any atom is -0.443 e. The minimum absolute atomic E-state index is 0.184. The zero-order valence-electron chi connectivity index (χ0n) is 10.3. The van der Waals surface area contributed by atoms with E-state index in [1.54, 1.807) is 0 Å². The van der Waals surface area contributed by atoms with Gasteiger partial charge in [0.2, 0.25) is 0 Å². The summed E-state index contributed by atoms with van der Waals surface area (Å²) in [5, 5.41) is 10.4. The van der Waals surface area contributed by atoms with Crippen LogP contribution < -0.4 is 5.32 Å².